The van der Waals surface area contributed by atoms with Crippen LogP contribution in [0.3, 0.4) is 0 Å². The number of carbonyl (C=O) groups excluding carboxylic acids is 1. The van der Waals surface area contributed by atoms with Crippen LogP contribution >= 0.6 is 0 Å². The molecule has 0 saturated carbocycles. The van der Waals surface area contributed by atoms with Crippen molar-refractivity contribution in [3.8, 4) is 5.75 Å². The molecule has 0 radical (unpaired) electrons. The summed E-state index contributed by atoms with van der Waals surface area (Å²) < 4.78 is 5.35. The number of carbonyl (C=O) groups is 2. The fraction of sp³-hybridized carbons (Fsp3) is 0.333. The highest BCUT2D eigenvalue weighted by Gasteiger charge is 2.24. The first kappa shape index (κ1) is 15.8. The number of likely N-dealkylation sites (N-methyl/N-ethyl adjacent to an activating group) is 1. The Bertz CT molecular complexity index is 481. The molecule has 0 aliphatic rings. The second-order valence-corrected chi connectivity index (χ2v) is 4.43. The molecule has 0 saturated heterocycles. The summed E-state index contributed by atoms with van der Waals surface area (Å²) in [5, 5.41) is 9.19. The summed E-state index contributed by atoms with van der Waals surface area (Å²) in [6, 6.07) is 6.26. The predicted octanol–water partition coefficient (Wildman–Crippen LogP) is 1.73. The molecule has 0 aliphatic carbocycles. The highest BCUT2D eigenvalue weighted by molar-refractivity contribution is 5.82. The normalized spacial score (nSPS) is 11.5. The highest BCUT2D eigenvalue weighted by Crippen LogP contribution is 2.15. The molecule has 108 valence electrons. The van der Waals surface area contributed by atoms with Crippen LogP contribution in [-0.2, 0) is 16.0 Å². The van der Waals surface area contributed by atoms with E-state index in [9.17, 15) is 14.7 Å². The minimum atomic E-state index is -1.02. The van der Waals surface area contributed by atoms with Gasteiger partial charge in [-0.2, -0.15) is 0 Å². The summed E-state index contributed by atoms with van der Waals surface area (Å²) >= 11 is 0. The fourth-order valence-electron chi connectivity index (χ4n) is 1.71. The smallest absolute Gasteiger partial charge is 0.326 e. The van der Waals surface area contributed by atoms with Crippen molar-refractivity contribution < 1.29 is 19.4 Å². The van der Waals surface area contributed by atoms with Crippen LogP contribution in [0, 0.1) is 0 Å². The third-order valence-electron chi connectivity index (χ3n) is 2.97. The van der Waals surface area contributed by atoms with E-state index in [4.69, 9.17) is 4.74 Å². The molecule has 0 unspecified atom stereocenters. The van der Waals surface area contributed by atoms with E-state index in [1.807, 2.05) is 0 Å². The highest BCUT2D eigenvalue weighted by atomic mass is 16.5. The topological polar surface area (TPSA) is 66.8 Å². The molecule has 5 heteroatoms. The van der Waals surface area contributed by atoms with Gasteiger partial charge in [0.15, 0.2) is 0 Å². The van der Waals surface area contributed by atoms with Crippen molar-refractivity contribution in [2.24, 2.45) is 0 Å². The quantitative estimate of drug-likeness (QED) is 0.771. The number of benzene rings is 1. The fourth-order valence-corrected chi connectivity index (χ4v) is 1.71. The minimum absolute atomic E-state index is 0.257. The molecule has 0 aromatic heterocycles. The monoisotopic (exact) mass is 277 g/mol. The molecule has 1 rings (SSSR count). The Kier molecular flexibility index (Phi) is 5.77. The van der Waals surface area contributed by atoms with E-state index >= 15 is 0 Å². The average Bonchev–Trinajstić information content (AvgIpc) is 2.42. The van der Waals surface area contributed by atoms with E-state index in [1.165, 1.54) is 18.9 Å². The van der Waals surface area contributed by atoms with E-state index in [1.54, 1.807) is 30.3 Å². The van der Waals surface area contributed by atoms with Gasteiger partial charge in [-0.05, 0) is 17.7 Å². The Morgan fingerprint density at radius 2 is 2.00 bits per heavy atom. The lowest BCUT2D eigenvalue weighted by Gasteiger charge is -2.23. The number of carboxylic acids is 1. The number of rotatable bonds is 7. The number of hydrogen-bond donors (Lipinski definition) is 1. The van der Waals surface area contributed by atoms with Crippen LogP contribution in [0.2, 0.25) is 0 Å². The summed E-state index contributed by atoms with van der Waals surface area (Å²) in [6.07, 6.45) is 1.91. The van der Waals surface area contributed by atoms with Crippen molar-refractivity contribution in [3.05, 3.63) is 42.5 Å². The molecule has 1 aromatic rings. The SMILES string of the molecule is C=CCOc1ccc(C[C@H](C(=O)O)N(C)C(C)=O)cc1. The molecule has 0 bridgehead atoms. The van der Waals surface area contributed by atoms with E-state index < -0.39 is 12.0 Å². The maximum atomic E-state index is 11.3. The molecule has 0 fully saturated rings. The van der Waals surface area contributed by atoms with Crippen LogP contribution in [0.5, 0.6) is 5.75 Å². The third-order valence-corrected chi connectivity index (χ3v) is 2.97. The summed E-state index contributed by atoms with van der Waals surface area (Å²) in [7, 11) is 1.49. The van der Waals surface area contributed by atoms with Gasteiger partial charge in [0.25, 0.3) is 0 Å². The number of carboxylic acid groups (broad SMARTS) is 1. The maximum absolute atomic E-state index is 11.3. The first-order valence-corrected chi connectivity index (χ1v) is 6.24. The van der Waals surface area contributed by atoms with Crippen LogP contribution in [0.4, 0.5) is 0 Å². The molecule has 0 aliphatic heterocycles. The molecule has 1 N–H and O–H groups in total. The van der Waals surface area contributed by atoms with E-state index in [-0.39, 0.29) is 12.3 Å². The van der Waals surface area contributed by atoms with Gasteiger partial charge in [0.1, 0.15) is 18.4 Å². The molecule has 1 aromatic carbocycles. The Morgan fingerprint density at radius 3 is 2.45 bits per heavy atom. The lowest BCUT2D eigenvalue weighted by molar-refractivity contribution is -0.148. The average molecular weight is 277 g/mol. The molecule has 0 spiro atoms. The van der Waals surface area contributed by atoms with E-state index in [0.717, 1.165) is 5.56 Å². The molecule has 0 heterocycles. The molecular formula is C15H19NO4. The van der Waals surface area contributed by atoms with Gasteiger partial charge in [-0.25, -0.2) is 4.79 Å². The number of aliphatic carboxylic acids is 1. The Balaban J connectivity index is 2.76. The van der Waals surface area contributed by atoms with Crippen molar-refractivity contribution in [1.82, 2.24) is 4.90 Å². The number of hydrogen-bond acceptors (Lipinski definition) is 3. The van der Waals surface area contributed by atoms with Crippen LogP contribution in [0.15, 0.2) is 36.9 Å². The van der Waals surface area contributed by atoms with Gasteiger partial charge in [-0.1, -0.05) is 24.8 Å². The number of ether oxygens (including phenoxy) is 1. The first-order chi connectivity index (χ1) is 9.45. The van der Waals surface area contributed by atoms with Crippen LogP contribution in [0.25, 0.3) is 0 Å². The van der Waals surface area contributed by atoms with Crippen molar-refractivity contribution in [3.63, 3.8) is 0 Å². The van der Waals surface area contributed by atoms with Crippen LogP contribution < -0.4 is 4.74 Å². The zero-order valence-corrected chi connectivity index (χ0v) is 11.7. The van der Waals surface area contributed by atoms with E-state index in [0.29, 0.717) is 12.4 Å². The second kappa shape index (κ2) is 7.33. The Morgan fingerprint density at radius 1 is 1.40 bits per heavy atom. The molecule has 5 nitrogen and oxygen atoms in total. The number of amides is 1. The summed E-state index contributed by atoms with van der Waals surface area (Å²) in [6.45, 7) is 5.33. The van der Waals surface area contributed by atoms with E-state index in [2.05, 4.69) is 6.58 Å². The maximum Gasteiger partial charge on any atom is 0.326 e. The molecule has 1 amide bonds. The summed E-state index contributed by atoms with van der Waals surface area (Å²) in [5.41, 5.74) is 0.830. The lowest BCUT2D eigenvalue weighted by Crippen LogP contribution is -2.42. The first-order valence-electron chi connectivity index (χ1n) is 6.24. The largest absolute Gasteiger partial charge is 0.490 e. The van der Waals surface area contributed by atoms with Gasteiger partial charge in [-0.3, -0.25) is 4.79 Å². The van der Waals surface area contributed by atoms with Gasteiger partial charge < -0.3 is 14.7 Å². The molecular weight excluding hydrogens is 258 g/mol. The van der Waals surface area contributed by atoms with Gasteiger partial charge in [0.05, 0.1) is 0 Å². The zero-order chi connectivity index (χ0) is 15.1. The lowest BCUT2D eigenvalue weighted by atomic mass is 10.0. The summed E-state index contributed by atoms with van der Waals surface area (Å²) in [4.78, 5) is 23.7. The van der Waals surface area contributed by atoms with Gasteiger partial charge in [0, 0.05) is 20.4 Å². The van der Waals surface area contributed by atoms with Crippen molar-refractivity contribution in [2.75, 3.05) is 13.7 Å². The minimum Gasteiger partial charge on any atom is -0.490 e. The molecule has 20 heavy (non-hydrogen) atoms. The predicted molar refractivity (Wildman–Crippen MR) is 75.7 cm³/mol. The third kappa shape index (κ3) is 4.42. The second-order valence-electron chi connectivity index (χ2n) is 4.43. The Labute approximate surface area is 118 Å². The summed E-state index contributed by atoms with van der Waals surface area (Å²) in [5.74, 6) is -0.599. The standard InChI is InChI=1S/C15H19NO4/c1-4-9-20-13-7-5-12(6-8-13)10-14(15(18)19)16(3)11(2)17/h4-8,14H,1,9-10H2,2-3H3,(H,18,19)/t14-/m1/s1. The van der Waals surface area contributed by atoms with Crippen LogP contribution in [-0.4, -0.2) is 41.6 Å². The van der Waals surface area contributed by atoms with Crippen LogP contribution in [0.1, 0.15) is 12.5 Å². The van der Waals surface area contributed by atoms with Gasteiger partial charge in [0.2, 0.25) is 5.91 Å². The van der Waals surface area contributed by atoms with Crippen molar-refractivity contribution >= 4 is 11.9 Å². The van der Waals surface area contributed by atoms with Crippen molar-refractivity contribution in [1.29, 1.82) is 0 Å². The zero-order valence-electron chi connectivity index (χ0n) is 11.7. The molecule has 1 atom stereocenters. The van der Waals surface area contributed by atoms with Gasteiger partial charge in [-0.15, -0.1) is 0 Å². The number of nitrogens with zero attached hydrogens (tertiary/aromatic N) is 1. The van der Waals surface area contributed by atoms with Gasteiger partial charge >= 0.3 is 5.97 Å². The van der Waals surface area contributed by atoms with Crippen molar-refractivity contribution in [2.45, 2.75) is 19.4 Å². The Hall–Kier alpha value is -2.30.